The van der Waals surface area contributed by atoms with Crippen molar-refractivity contribution in [2.24, 2.45) is 5.92 Å². The van der Waals surface area contributed by atoms with Gasteiger partial charge in [0.1, 0.15) is 11.5 Å². The molecule has 0 bridgehead atoms. The second kappa shape index (κ2) is 4.61. The summed E-state index contributed by atoms with van der Waals surface area (Å²) in [5.41, 5.74) is 5.90. The number of aromatic nitrogens is 2. The third-order valence-corrected chi connectivity index (χ3v) is 3.77. The van der Waals surface area contributed by atoms with Crippen molar-refractivity contribution in [2.45, 2.75) is 25.3 Å². The maximum Gasteiger partial charge on any atom is 0.269 e. The summed E-state index contributed by atoms with van der Waals surface area (Å²) in [4.78, 5) is 14.3. The van der Waals surface area contributed by atoms with Gasteiger partial charge in [0, 0.05) is 25.2 Å². The largest absolute Gasteiger partial charge is 0.382 e. The molecule has 1 saturated carbocycles. The van der Waals surface area contributed by atoms with Crippen LogP contribution in [-0.4, -0.2) is 46.7 Å². The van der Waals surface area contributed by atoms with Crippen LogP contribution in [0.2, 0.25) is 0 Å². The average Bonchev–Trinajstić information content (AvgIpc) is 2.95. The molecule has 1 saturated heterocycles. The molecule has 1 aromatic heterocycles. The summed E-state index contributed by atoms with van der Waals surface area (Å²) in [5.74, 6) is 0.805. The van der Waals surface area contributed by atoms with Gasteiger partial charge in [0.25, 0.3) is 5.91 Å². The number of amides is 1. The molecule has 3 rings (SSSR count). The molecule has 1 aliphatic heterocycles. The lowest BCUT2D eigenvalue weighted by Crippen LogP contribution is -2.31. The van der Waals surface area contributed by atoms with Crippen molar-refractivity contribution in [3.8, 4) is 0 Å². The van der Waals surface area contributed by atoms with E-state index in [0.717, 1.165) is 19.1 Å². The summed E-state index contributed by atoms with van der Waals surface area (Å²) in [5, 5.41) is 9.31. The number of anilines is 1. The Morgan fingerprint density at radius 1 is 1.56 bits per heavy atom. The smallest absolute Gasteiger partial charge is 0.269 e. The molecule has 4 N–H and O–H groups in total. The maximum absolute atomic E-state index is 11.8. The third-order valence-electron chi connectivity index (χ3n) is 3.77. The maximum atomic E-state index is 11.8. The Kier molecular flexibility index (Phi) is 2.95. The van der Waals surface area contributed by atoms with Gasteiger partial charge in [-0.1, -0.05) is 0 Å². The number of nitrogen functional groups attached to an aromatic ring is 1. The van der Waals surface area contributed by atoms with E-state index < -0.39 is 0 Å². The van der Waals surface area contributed by atoms with Gasteiger partial charge in [-0.15, -0.1) is 0 Å². The van der Waals surface area contributed by atoms with Crippen molar-refractivity contribution in [3.05, 3.63) is 11.8 Å². The summed E-state index contributed by atoms with van der Waals surface area (Å²) in [6, 6.07) is 2.39. The van der Waals surface area contributed by atoms with Gasteiger partial charge in [-0.05, 0) is 31.7 Å². The standard InChI is InChI=1S/C12H19N5O/c13-11-5-10(15-16-11)12(18)14-6-8-3-4-17(7-8)9-1-2-9/h5,8-9H,1-4,6-7H2,(H,14,18)(H3,13,15,16). The molecule has 18 heavy (non-hydrogen) atoms. The first-order valence-electron chi connectivity index (χ1n) is 6.55. The van der Waals surface area contributed by atoms with E-state index in [-0.39, 0.29) is 5.91 Å². The lowest BCUT2D eigenvalue weighted by Gasteiger charge is -2.14. The number of nitrogens with two attached hydrogens (primary N) is 1. The van der Waals surface area contributed by atoms with E-state index in [9.17, 15) is 4.79 Å². The third kappa shape index (κ3) is 2.48. The van der Waals surface area contributed by atoms with Gasteiger partial charge in [0.2, 0.25) is 0 Å². The first-order chi connectivity index (χ1) is 8.72. The van der Waals surface area contributed by atoms with Crippen molar-refractivity contribution in [1.29, 1.82) is 0 Å². The fraction of sp³-hybridized carbons (Fsp3) is 0.667. The second-order valence-electron chi connectivity index (χ2n) is 5.30. The van der Waals surface area contributed by atoms with Gasteiger partial charge in [0.05, 0.1) is 0 Å². The fourth-order valence-electron chi connectivity index (χ4n) is 2.59. The Bertz CT molecular complexity index is 439. The summed E-state index contributed by atoms with van der Waals surface area (Å²) in [6.45, 7) is 3.04. The number of hydrogen-bond acceptors (Lipinski definition) is 4. The Labute approximate surface area is 106 Å². The minimum Gasteiger partial charge on any atom is -0.382 e. The van der Waals surface area contributed by atoms with E-state index >= 15 is 0 Å². The van der Waals surface area contributed by atoms with Crippen LogP contribution in [-0.2, 0) is 0 Å². The molecule has 0 aromatic carbocycles. The van der Waals surface area contributed by atoms with Crippen LogP contribution >= 0.6 is 0 Å². The molecule has 1 atom stereocenters. The fourth-order valence-corrected chi connectivity index (χ4v) is 2.59. The van der Waals surface area contributed by atoms with Crippen LogP contribution in [0, 0.1) is 5.92 Å². The molecule has 6 nitrogen and oxygen atoms in total. The van der Waals surface area contributed by atoms with Crippen molar-refractivity contribution < 1.29 is 4.79 Å². The number of nitrogens with one attached hydrogen (secondary N) is 2. The quantitative estimate of drug-likeness (QED) is 0.711. The first kappa shape index (κ1) is 11.5. The van der Waals surface area contributed by atoms with Gasteiger partial charge < -0.3 is 16.0 Å². The highest BCUT2D eigenvalue weighted by atomic mass is 16.1. The van der Waals surface area contributed by atoms with Crippen molar-refractivity contribution in [2.75, 3.05) is 25.4 Å². The zero-order chi connectivity index (χ0) is 12.5. The molecule has 1 aromatic rings. The summed E-state index contributed by atoms with van der Waals surface area (Å²) >= 11 is 0. The molecule has 2 fully saturated rings. The molecule has 0 radical (unpaired) electrons. The zero-order valence-electron chi connectivity index (χ0n) is 10.4. The predicted molar refractivity (Wildman–Crippen MR) is 68.0 cm³/mol. The highest BCUT2D eigenvalue weighted by molar-refractivity contribution is 5.92. The normalized spacial score (nSPS) is 24.3. The Balaban J connectivity index is 1.45. The van der Waals surface area contributed by atoms with Gasteiger partial charge in [-0.25, -0.2) is 0 Å². The second-order valence-corrected chi connectivity index (χ2v) is 5.30. The van der Waals surface area contributed by atoms with Crippen LogP contribution in [0.5, 0.6) is 0 Å². The molecule has 98 valence electrons. The van der Waals surface area contributed by atoms with Gasteiger partial charge in [-0.2, -0.15) is 5.10 Å². The number of aromatic amines is 1. The first-order valence-corrected chi connectivity index (χ1v) is 6.55. The van der Waals surface area contributed by atoms with Crippen LogP contribution in [0.4, 0.5) is 5.82 Å². The molecule has 1 unspecified atom stereocenters. The highest BCUT2D eigenvalue weighted by Crippen LogP contribution is 2.31. The van der Waals surface area contributed by atoms with E-state index in [0.29, 0.717) is 17.4 Å². The molecule has 2 heterocycles. The van der Waals surface area contributed by atoms with Crippen LogP contribution < -0.4 is 11.1 Å². The molecular weight excluding hydrogens is 230 g/mol. The Morgan fingerprint density at radius 3 is 3.06 bits per heavy atom. The number of carbonyl (C=O) groups excluding carboxylic acids is 1. The molecule has 1 amide bonds. The molecular formula is C12H19N5O. The van der Waals surface area contributed by atoms with E-state index in [1.165, 1.54) is 25.8 Å². The minimum absolute atomic E-state index is 0.121. The van der Waals surface area contributed by atoms with Crippen LogP contribution in [0.1, 0.15) is 29.8 Å². The SMILES string of the molecule is Nc1cc(C(=O)NCC2CCN(C3CC3)C2)[nH]n1. The zero-order valence-corrected chi connectivity index (χ0v) is 10.4. The van der Waals surface area contributed by atoms with E-state index in [4.69, 9.17) is 5.73 Å². The lowest BCUT2D eigenvalue weighted by atomic mass is 10.1. The Morgan fingerprint density at radius 2 is 2.39 bits per heavy atom. The van der Waals surface area contributed by atoms with E-state index in [1.807, 2.05) is 0 Å². The number of likely N-dealkylation sites (tertiary alicyclic amines) is 1. The molecule has 1 aliphatic carbocycles. The molecule has 6 heteroatoms. The van der Waals surface area contributed by atoms with Crippen LogP contribution in [0.15, 0.2) is 6.07 Å². The van der Waals surface area contributed by atoms with Crippen molar-refractivity contribution in [3.63, 3.8) is 0 Å². The lowest BCUT2D eigenvalue weighted by molar-refractivity contribution is 0.0942. The average molecular weight is 249 g/mol. The summed E-state index contributed by atoms with van der Waals surface area (Å²) in [7, 11) is 0. The van der Waals surface area contributed by atoms with Crippen molar-refractivity contribution in [1.82, 2.24) is 20.4 Å². The van der Waals surface area contributed by atoms with E-state index in [1.54, 1.807) is 6.07 Å². The van der Waals surface area contributed by atoms with Crippen LogP contribution in [0.3, 0.4) is 0 Å². The van der Waals surface area contributed by atoms with E-state index in [2.05, 4.69) is 20.4 Å². The highest BCUT2D eigenvalue weighted by Gasteiger charge is 2.34. The van der Waals surface area contributed by atoms with Gasteiger partial charge in [0.15, 0.2) is 0 Å². The molecule has 2 aliphatic rings. The number of carbonyl (C=O) groups is 1. The number of H-pyrrole nitrogens is 1. The summed E-state index contributed by atoms with van der Waals surface area (Å²) < 4.78 is 0. The minimum atomic E-state index is -0.121. The topological polar surface area (TPSA) is 87.0 Å². The van der Waals surface area contributed by atoms with Gasteiger partial charge >= 0.3 is 0 Å². The van der Waals surface area contributed by atoms with Gasteiger partial charge in [-0.3, -0.25) is 9.89 Å². The monoisotopic (exact) mass is 249 g/mol. The van der Waals surface area contributed by atoms with Crippen LogP contribution in [0.25, 0.3) is 0 Å². The number of rotatable bonds is 4. The number of nitrogens with zero attached hydrogens (tertiary/aromatic N) is 2. The number of hydrogen-bond donors (Lipinski definition) is 3. The predicted octanol–water partition coefficient (Wildman–Crippen LogP) is 0.206. The summed E-state index contributed by atoms with van der Waals surface area (Å²) in [6.07, 6.45) is 3.89. The Hall–Kier alpha value is -1.56. The molecule has 0 spiro atoms. The van der Waals surface area contributed by atoms with Crippen molar-refractivity contribution >= 4 is 11.7 Å².